The molecule has 0 aliphatic heterocycles. The molecule has 0 unspecified atom stereocenters. The van der Waals surface area contributed by atoms with E-state index in [2.05, 4.69) is 143 Å². The molecule has 0 spiro atoms. The van der Waals surface area contributed by atoms with Crippen LogP contribution in [-0.2, 0) is 18.4 Å². The molecule has 0 atom stereocenters. The van der Waals surface area contributed by atoms with Crippen LogP contribution in [0.4, 0.5) is 0 Å². The minimum absolute atomic E-state index is 0.681. The Balaban J connectivity index is 1.34. The quantitative estimate of drug-likeness (QED) is 0.152. The Morgan fingerprint density at radius 1 is 0.630 bits per heavy atom. The lowest BCUT2D eigenvalue weighted by atomic mass is 9.77. The van der Waals surface area contributed by atoms with Gasteiger partial charge in [0.15, 0.2) is 5.82 Å². The summed E-state index contributed by atoms with van der Waals surface area (Å²) in [6.07, 6.45) is 3.95. The highest BCUT2D eigenvalue weighted by molar-refractivity contribution is 5.81. The Labute approximate surface area is 269 Å². The maximum Gasteiger partial charge on any atom is 0.184 e. The number of aryl methyl sites for hydroxylation is 1. The van der Waals surface area contributed by atoms with Crippen molar-refractivity contribution in [3.63, 3.8) is 0 Å². The number of aromatic amines is 1. The lowest BCUT2D eigenvalue weighted by Gasteiger charge is -2.36. The summed E-state index contributed by atoms with van der Waals surface area (Å²) < 4.78 is 1.99. The van der Waals surface area contributed by atoms with Crippen LogP contribution in [0, 0.1) is 0 Å². The monoisotopic (exact) mass is 601 g/mol. The van der Waals surface area contributed by atoms with Crippen molar-refractivity contribution in [3.8, 4) is 22.5 Å². The summed E-state index contributed by atoms with van der Waals surface area (Å²) in [5.41, 5.74) is 8.80. The molecule has 7 heteroatoms. The van der Waals surface area contributed by atoms with Crippen LogP contribution in [0.5, 0.6) is 0 Å². The Morgan fingerprint density at radius 3 is 1.78 bits per heavy atom. The van der Waals surface area contributed by atoms with E-state index in [0.717, 1.165) is 70.5 Å². The first kappa shape index (κ1) is 29.0. The van der Waals surface area contributed by atoms with E-state index >= 15 is 0 Å². The Morgan fingerprint density at radius 2 is 1.20 bits per heavy atom. The highest BCUT2D eigenvalue weighted by Crippen LogP contribution is 2.43. The van der Waals surface area contributed by atoms with Gasteiger partial charge in [-0.15, -0.1) is 10.2 Å². The molecule has 0 aliphatic rings. The SMILES string of the molecule is CCCCc1nn[nH]c1Cc1ccc(-c2ccccc2-c2nnnn2C(c2ccccc2)(c2ccccc2)c2ccccc2)cc1. The number of nitrogens with zero attached hydrogens (tertiary/aromatic N) is 6. The molecule has 7 aromatic rings. The molecule has 7 nitrogen and oxygen atoms in total. The summed E-state index contributed by atoms with van der Waals surface area (Å²) >= 11 is 0. The van der Waals surface area contributed by atoms with Crippen LogP contribution in [0.25, 0.3) is 22.5 Å². The van der Waals surface area contributed by atoms with Gasteiger partial charge in [0.1, 0.15) is 5.54 Å². The summed E-state index contributed by atoms with van der Waals surface area (Å²) in [5, 5.41) is 25.3. The molecule has 0 radical (unpaired) electrons. The number of nitrogens with one attached hydrogen (secondary N) is 1. The van der Waals surface area contributed by atoms with Gasteiger partial charge >= 0.3 is 0 Å². The Kier molecular flexibility index (Phi) is 8.28. The second-order valence-electron chi connectivity index (χ2n) is 11.5. The van der Waals surface area contributed by atoms with Gasteiger partial charge in [-0.05, 0) is 56.6 Å². The summed E-state index contributed by atoms with van der Waals surface area (Å²) in [7, 11) is 0. The number of tetrazole rings is 1. The summed E-state index contributed by atoms with van der Waals surface area (Å²) in [5.74, 6) is 0.681. The van der Waals surface area contributed by atoms with E-state index in [-0.39, 0.29) is 0 Å². The molecule has 7 rings (SSSR count). The molecule has 0 bridgehead atoms. The first-order chi connectivity index (χ1) is 22.8. The summed E-state index contributed by atoms with van der Waals surface area (Å²) in [4.78, 5) is 0. The lowest BCUT2D eigenvalue weighted by molar-refractivity contribution is 0.451. The minimum atomic E-state index is -0.826. The topological polar surface area (TPSA) is 85.2 Å². The van der Waals surface area contributed by atoms with E-state index in [1.54, 1.807) is 0 Å². The number of aromatic nitrogens is 7. The van der Waals surface area contributed by atoms with Crippen LogP contribution < -0.4 is 0 Å². The van der Waals surface area contributed by atoms with Gasteiger partial charge in [-0.1, -0.05) is 158 Å². The summed E-state index contributed by atoms with van der Waals surface area (Å²) in [6, 6.07) is 48.5. The molecule has 1 N–H and O–H groups in total. The second kappa shape index (κ2) is 13.1. The zero-order valence-corrected chi connectivity index (χ0v) is 25.8. The van der Waals surface area contributed by atoms with Gasteiger partial charge in [0.2, 0.25) is 0 Å². The third-order valence-corrected chi connectivity index (χ3v) is 8.65. The van der Waals surface area contributed by atoms with E-state index in [4.69, 9.17) is 10.3 Å². The third-order valence-electron chi connectivity index (χ3n) is 8.65. The highest BCUT2D eigenvalue weighted by atomic mass is 15.6. The highest BCUT2D eigenvalue weighted by Gasteiger charge is 2.42. The largest absolute Gasteiger partial charge is 0.262 e. The number of unbranched alkanes of at least 4 members (excludes halogenated alkanes) is 1. The van der Waals surface area contributed by atoms with Crippen LogP contribution in [0.1, 0.15) is 53.4 Å². The number of H-pyrrole nitrogens is 1. The number of rotatable bonds is 11. The lowest BCUT2D eigenvalue weighted by Crippen LogP contribution is -2.39. The predicted molar refractivity (Wildman–Crippen MR) is 181 cm³/mol. The van der Waals surface area contributed by atoms with Crippen molar-refractivity contribution in [2.75, 3.05) is 0 Å². The second-order valence-corrected chi connectivity index (χ2v) is 11.5. The Hall–Kier alpha value is -5.69. The number of hydrogen-bond acceptors (Lipinski definition) is 5. The summed E-state index contributed by atoms with van der Waals surface area (Å²) in [6.45, 7) is 2.19. The van der Waals surface area contributed by atoms with Gasteiger partial charge in [0.25, 0.3) is 0 Å². The molecule has 2 aromatic heterocycles. The van der Waals surface area contributed by atoms with E-state index in [9.17, 15) is 0 Å². The van der Waals surface area contributed by atoms with Crippen molar-refractivity contribution < 1.29 is 0 Å². The molecule has 0 fully saturated rings. The van der Waals surface area contributed by atoms with E-state index in [0.29, 0.717) is 5.82 Å². The number of hydrogen-bond donors (Lipinski definition) is 1. The zero-order valence-electron chi connectivity index (χ0n) is 25.8. The maximum absolute atomic E-state index is 4.75. The molecule has 46 heavy (non-hydrogen) atoms. The average molecular weight is 602 g/mol. The fraction of sp³-hybridized carbons (Fsp3) is 0.154. The van der Waals surface area contributed by atoms with E-state index in [1.165, 1.54) is 5.56 Å². The fourth-order valence-corrected chi connectivity index (χ4v) is 6.38. The average Bonchev–Trinajstić information content (AvgIpc) is 3.80. The zero-order chi connectivity index (χ0) is 31.2. The molecule has 226 valence electrons. The molecule has 0 saturated carbocycles. The van der Waals surface area contributed by atoms with Crippen molar-refractivity contribution in [3.05, 3.63) is 173 Å². The van der Waals surface area contributed by atoms with Crippen LogP contribution in [0.15, 0.2) is 140 Å². The van der Waals surface area contributed by atoms with Crippen molar-refractivity contribution >= 4 is 0 Å². The molecular weight excluding hydrogens is 566 g/mol. The van der Waals surface area contributed by atoms with Crippen molar-refractivity contribution in [2.45, 2.75) is 38.1 Å². The molecular formula is C39H35N7. The van der Waals surface area contributed by atoms with Crippen molar-refractivity contribution in [1.29, 1.82) is 0 Å². The van der Waals surface area contributed by atoms with Gasteiger partial charge in [0, 0.05) is 12.0 Å². The first-order valence-electron chi connectivity index (χ1n) is 15.8. The maximum atomic E-state index is 4.75. The van der Waals surface area contributed by atoms with Crippen molar-refractivity contribution in [1.82, 2.24) is 35.6 Å². The molecule has 0 aliphatic carbocycles. The van der Waals surface area contributed by atoms with E-state index < -0.39 is 5.54 Å². The normalized spacial score (nSPS) is 11.5. The van der Waals surface area contributed by atoms with Crippen LogP contribution >= 0.6 is 0 Å². The van der Waals surface area contributed by atoms with Crippen LogP contribution in [0.3, 0.4) is 0 Å². The smallest absolute Gasteiger partial charge is 0.184 e. The van der Waals surface area contributed by atoms with Crippen LogP contribution in [0.2, 0.25) is 0 Å². The molecule has 0 amide bonds. The van der Waals surface area contributed by atoms with Crippen molar-refractivity contribution in [2.24, 2.45) is 0 Å². The Bertz CT molecular complexity index is 1900. The number of benzene rings is 5. The van der Waals surface area contributed by atoms with Gasteiger partial charge in [-0.3, -0.25) is 5.10 Å². The van der Waals surface area contributed by atoms with E-state index in [1.807, 2.05) is 28.9 Å². The molecule has 5 aromatic carbocycles. The molecule has 0 saturated heterocycles. The molecule has 2 heterocycles. The van der Waals surface area contributed by atoms with Gasteiger partial charge in [-0.25, -0.2) is 4.68 Å². The van der Waals surface area contributed by atoms with Gasteiger partial charge < -0.3 is 0 Å². The van der Waals surface area contributed by atoms with Gasteiger partial charge in [0.05, 0.1) is 11.4 Å². The minimum Gasteiger partial charge on any atom is -0.262 e. The third kappa shape index (κ3) is 5.41. The standard InChI is InChI=1S/C39H35N7/c1-2-3-23-36-37(41-43-40-36)28-29-24-26-30(27-25-29)34-21-13-14-22-35(34)38-42-44-45-46(38)39(31-15-7-4-8-16-31,32-17-9-5-10-18-32)33-19-11-6-12-20-33/h4-22,24-27H,2-3,23,28H2,1H3,(H,40,41,43). The predicted octanol–water partition coefficient (Wildman–Crippen LogP) is 7.90. The van der Waals surface area contributed by atoms with Gasteiger partial charge in [-0.2, -0.15) is 0 Å². The first-order valence-corrected chi connectivity index (χ1v) is 15.8. The van der Waals surface area contributed by atoms with Crippen LogP contribution in [-0.4, -0.2) is 35.6 Å². The fourth-order valence-electron chi connectivity index (χ4n) is 6.38.